The molecule has 1 aromatic carbocycles. The minimum Gasteiger partial charge on any atom is -0.489 e. The van der Waals surface area contributed by atoms with Crippen LogP contribution in [0.2, 0.25) is 0 Å². The highest BCUT2D eigenvalue weighted by Gasteiger charge is 2.13. The first kappa shape index (κ1) is 12.4. The van der Waals surface area contributed by atoms with Crippen molar-refractivity contribution in [1.29, 1.82) is 0 Å². The number of hydrogen-bond acceptors (Lipinski definition) is 5. The number of nitrogens with one attached hydrogen (secondary N) is 2. The number of fused-ring (bicyclic) bond motifs is 1. The Morgan fingerprint density at radius 1 is 1.42 bits per heavy atom. The van der Waals surface area contributed by atoms with Crippen LogP contribution in [0.5, 0.6) is 5.75 Å². The summed E-state index contributed by atoms with van der Waals surface area (Å²) in [6.45, 7) is 5.30. The number of para-hydroxylation sites is 1. The molecule has 4 nitrogen and oxygen atoms in total. The van der Waals surface area contributed by atoms with Crippen LogP contribution in [0.4, 0.5) is 5.69 Å². The van der Waals surface area contributed by atoms with Crippen LogP contribution < -0.4 is 15.4 Å². The molecule has 0 atom stereocenters. The van der Waals surface area contributed by atoms with Crippen molar-refractivity contribution in [3.05, 3.63) is 39.8 Å². The molecule has 2 aromatic rings. The molecule has 3 rings (SSSR count). The highest BCUT2D eigenvalue weighted by atomic mass is 32.1. The lowest BCUT2D eigenvalue weighted by molar-refractivity contribution is 0.319. The van der Waals surface area contributed by atoms with Gasteiger partial charge < -0.3 is 15.4 Å². The number of ether oxygens (including phenoxy) is 1. The van der Waals surface area contributed by atoms with Gasteiger partial charge in [-0.15, -0.1) is 11.3 Å². The van der Waals surface area contributed by atoms with Crippen LogP contribution in [-0.2, 0) is 13.1 Å². The Bertz CT molecular complexity index is 568. The molecule has 0 saturated heterocycles. The molecule has 2 N–H and O–H groups in total. The molecule has 0 aliphatic carbocycles. The largest absolute Gasteiger partial charge is 0.489 e. The summed E-state index contributed by atoms with van der Waals surface area (Å²) in [5, 5.41) is 7.91. The van der Waals surface area contributed by atoms with Crippen LogP contribution in [0, 0.1) is 6.92 Å². The minimum absolute atomic E-state index is 0.734. The van der Waals surface area contributed by atoms with E-state index in [4.69, 9.17) is 4.74 Å². The standard InChI is InChI=1S/C14H17N3OS/c1-10-17-9-12(19-10)8-15-7-11-3-2-4-13-14(11)18-6-5-16-13/h2-4,9,15-16H,5-8H2,1H3. The van der Waals surface area contributed by atoms with Crippen molar-refractivity contribution in [3.63, 3.8) is 0 Å². The van der Waals surface area contributed by atoms with Gasteiger partial charge in [0.05, 0.1) is 10.7 Å². The van der Waals surface area contributed by atoms with E-state index in [2.05, 4.69) is 33.8 Å². The summed E-state index contributed by atoms with van der Waals surface area (Å²) in [6, 6.07) is 6.23. The number of aryl methyl sites for hydroxylation is 1. The summed E-state index contributed by atoms with van der Waals surface area (Å²) in [4.78, 5) is 5.52. The maximum Gasteiger partial charge on any atom is 0.146 e. The van der Waals surface area contributed by atoms with Gasteiger partial charge in [-0.3, -0.25) is 0 Å². The van der Waals surface area contributed by atoms with E-state index in [9.17, 15) is 0 Å². The van der Waals surface area contributed by atoms with Gasteiger partial charge in [-0.2, -0.15) is 0 Å². The van der Waals surface area contributed by atoms with Gasteiger partial charge in [-0.25, -0.2) is 4.98 Å². The van der Waals surface area contributed by atoms with Crippen LogP contribution in [0.15, 0.2) is 24.4 Å². The summed E-state index contributed by atoms with van der Waals surface area (Å²) in [6.07, 6.45) is 1.94. The Morgan fingerprint density at radius 2 is 2.37 bits per heavy atom. The van der Waals surface area contributed by atoms with E-state index in [1.165, 1.54) is 10.4 Å². The molecule has 0 radical (unpaired) electrons. The molecular weight excluding hydrogens is 258 g/mol. The van der Waals surface area contributed by atoms with Gasteiger partial charge in [-0.05, 0) is 13.0 Å². The highest BCUT2D eigenvalue weighted by molar-refractivity contribution is 7.11. The third-order valence-corrected chi connectivity index (χ3v) is 3.96. The Morgan fingerprint density at radius 3 is 3.21 bits per heavy atom. The maximum atomic E-state index is 5.75. The monoisotopic (exact) mass is 275 g/mol. The van der Waals surface area contributed by atoms with Gasteiger partial charge in [0.1, 0.15) is 12.4 Å². The first-order valence-corrected chi connectivity index (χ1v) is 7.25. The Balaban J connectivity index is 1.64. The molecule has 0 unspecified atom stereocenters. The SMILES string of the molecule is Cc1ncc(CNCc2cccc3c2OCCN3)s1. The number of anilines is 1. The van der Waals surface area contributed by atoms with E-state index in [0.29, 0.717) is 0 Å². The fraction of sp³-hybridized carbons (Fsp3) is 0.357. The molecule has 1 aliphatic heterocycles. The molecular formula is C14H17N3OS. The Labute approximate surface area is 116 Å². The van der Waals surface area contributed by atoms with Crippen LogP contribution in [-0.4, -0.2) is 18.1 Å². The zero-order chi connectivity index (χ0) is 13.1. The van der Waals surface area contributed by atoms with E-state index in [1.807, 2.05) is 13.1 Å². The van der Waals surface area contributed by atoms with Gasteiger partial charge >= 0.3 is 0 Å². The lowest BCUT2D eigenvalue weighted by Crippen LogP contribution is -2.20. The van der Waals surface area contributed by atoms with Gasteiger partial charge in [0.2, 0.25) is 0 Å². The highest BCUT2D eigenvalue weighted by Crippen LogP contribution is 2.31. The summed E-state index contributed by atoms with van der Waals surface area (Å²) < 4.78 is 5.75. The third-order valence-electron chi connectivity index (χ3n) is 3.04. The molecule has 2 heterocycles. The number of nitrogens with zero attached hydrogens (tertiary/aromatic N) is 1. The van der Waals surface area contributed by atoms with Crippen molar-refractivity contribution in [3.8, 4) is 5.75 Å². The maximum absolute atomic E-state index is 5.75. The molecule has 100 valence electrons. The quantitative estimate of drug-likeness (QED) is 0.900. The lowest BCUT2D eigenvalue weighted by atomic mass is 10.1. The van der Waals surface area contributed by atoms with E-state index < -0.39 is 0 Å². The van der Waals surface area contributed by atoms with Crippen LogP contribution >= 0.6 is 11.3 Å². The summed E-state index contributed by atoms with van der Waals surface area (Å²) in [5.41, 5.74) is 2.30. The number of aromatic nitrogens is 1. The second kappa shape index (κ2) is 5.59. The zero-order valence-electron chi connectivity index (χ0n) is 10.9. The van der Waals surface area contributed by atoms with E-state index in [-0.39, 0.29) is 0 Å². The van der Waals surface area contributed by atoms with Crippen molar-refractivity contribution in [2.75, 3.05) is 18.5 Å². The van der Waals surface area contributed by atoms with Crippen molar-refractivity contribution in [2.45, 2.75) is 20.0 Å². The lowest BCUT2D eigenvalue weighted by Gasteiger charge is -2.21. The van der Waals surface area contributed by atoms with Gasteiger partial charge in [0.15, 0.2) is 0 Å². The van der Waals surface area contributed by atoms with Crippen LogP contribution in [0.3, 0.4) is 0 Å². The summed E-state index contributed by atoms with van der Waals surface area (Å²) in [5.74, 6) is 0.988. The fourth-order valence-corrected chi connectivity index (χ4v) is 2.94. The minimum atomic E-state index is 0.734. The van der Waals surface area contributed by atoms with Gasteiger partial charge in [-0.1, -0.05) is 12.1 Å². The number of thiazole rings is 1. The van der Waals surface area contributed by atoms with E-state index >= 15 is 0 Å². The molecule has 5 heteroatoms. The molecule has 0 fully saturated rings. The van der Waals surface area contributed by atoms with Crippen molar-refractivity contribution >= 4 is 17.0 Å². The van der Waals surface area contributed by atoms with Gasteiger partial charge in [0, 0.05) is 36.3 Å². The Kier molecular flexibility index (Phi) is 3.66. The summed E-state index contributed by atoms with van der Waals surface area (Å²) >= 11 is 1.73. The predicted molar refractivity (Wildman–Crippen MR) is 77.8 cm³/mol. The zero-order valence-corrected chi connectivity index (χ0v) is 11.7. The first-order chi connectivity index (χ1) is 9.33. The number of rotatable bonds is 4. The van der Waals surface area contributed by atoms with Crippen LogP contribution in [0.1, 0.15) is 15.4 Å². The van der Waals surface area contributed by atoms with E-state index in [0.717, 1.165) is 42.7 Å². The molecule has 1 aromatic heterocycles. The van der Waals surface area contributed by atoms with Crippen LogP contribution in [0.25, 0.3) is 0 Å². The molecule has 19 heavy (non-hydrogen) atoms. The van der Waals surface area contributed by atoms with E-state index in [1.54, 1.807) is 11.3 Å². The molecule has 0 amide bonds. The average molecular weight is 275 g/mol. The average Bonchev–Trinajstić information content (AvgIpc) is 2.85. The molecule has 0 bridgehead atoms. The normalized spacial score (nSPS) is 13.5. The number of benzene rings is 1. The van der Waals surface area contributed by atoms with Crippen molar-refractivity contribution in [2.24, 2.45) is 0 Å². The second-order valence-electron chi connectivity index (χ2n) is 4.52. The van der Waals surface area contributed by atoms with Gasteiger partial charge in [0.25, 0.3) is 0 Å². The molecule has 0 spiro atoms. The third kappa shape index (κ3) is 2.88. The second-order valence-corrected chi connectivity index (χ2v) is 5.84. The smallest absolute Gasteiger partial charge is 0.146 e. The first-order valence-electron chi connectivity index (χ1n) is 6.43. The topological polar surface area (TPSA) is 46.2 Å². The predicted octanol–water partition coefficient (Wildman–Crippen LogP) is 2.55. The van der Waals surface area contributed by atoms with Crippen molar-refractivity contribution < 1.29 is 4.74 Å². The fourth-order valence-electron chi connectivity index (χ4n) is 2.18. The molecule has 1 aliphatic rings. The molecule has 0 saturated carbocycles. The van der Waals surface area contributed by atoms with Crippen molar-refractivity contribution in [1.82, 2.24) is 10.3 Å². The number of hydrogen-bond donors (Lipinski definition) is 2. The Hall–Kier alpha value is -1.59. The summed E-state index contributed by atoms with van der Waals surface area (Å²) in [7, 11) is 0.